The van der Waals surface area contributed by atoms with Crippen molar-refractivity contribution in [2.45, 2.75) is 75.9 Å². The lowest BCUT2D eigenvalue weighted by molar-refractivity contribution is -0.136. The van der Waals surface area contributed by atoms with Crippen LogP contribution in [-0.2, 0) is 15.6 Å². The quantitative estimate of drug-likeness (QED) is 0.770. The number of phenolic OH excluding ortho intramolecular Hbond substituents is 1. The molecule has 0 radical (unpaired) electrons. The molecule has 0 saturated heterocycles. The van der Waals surface area contributed by atoms with Gasteiger partial charge in [-0.2, -0.15) is 0 Å². The number of thioether (sulfide) groups is 1. The highest BCUT2D eigenvalue weighted by molar-refractivity contribution is 8.00. The molecule has 0 aliphatic heterocycles. The fourth-order valence-corrected chi connectivity index (χ4v) is 3.26. The molecule has 0 fully saturated rings. The first kappa shape index (κ1) is 18.9. The van der Waals surface area contributed by atoms with Gasteiger partial charge in [-0.05, 0) is 29.4 Å². The van der Waals surface area contributed by atoms with Gasteiger partial charge >= 0.3 is 5.97 Å². The lowest BCUT2D eigenvalue weighted by Crippen LogP contribution is -2.18. The van der Waals surface area contributed by atoms with Crippen LogP contribution in [0.25, 0.3) is 0 Å². The molecule has 0 amide bonds. The van der Waals surface area contributed by atoms with E-state index in [1.54, 1.807) is 0 Å². The summed E-state index contributed by atoms with van der Waals surface area (Å²) < 4.78 is 0. The predicted octanol–water partition coefficient (Wildman–Crippen LogP) is 4.94. The number of aromatic hydroxyl groups is 1. The maximum Gasteiger partial charge on any atom is 0.316 e. The van der Waals surface area contributed by atoms with Crippen LogP contribution >= 0.6 is 11.8 Å². The molecule has 124 valence electrons. The number of rotatable bonds is 4. The Labute approximate surface area is 138 Å². The molecule has 1 rings (SSSR count). The lowest BCUT2D eigenvalue weighted by Gasteiger charge is -2.28. The van der Waals surface area contributed by atoms with Crippen LogP contribution < -0.4 is 0 Å². The Morgan fingerprint density at radius 1 is 1.09 bits per heavy atom. The molecular weight excluding hydrogens is 296 g/mol. The van der Waals surface area contributed by atoms with Gasteiger partial charge in [-0.15, -0.1) is 11.8 Å². The zero-order valence-corrected chi connectivity index (χ0v) is 15.5. The maximum atomic E-state index is 11.3. The monoisotopic (exact) mass is 324 g/mol. The van der Waals surface area contributed by atoms with Crippen LogP contribution in [0.1, 0.15) is 66.0 Å². The normalized spacial score (nSPS) is 14.0. The second-order valence-corrected chi connectivity index (χ2v) is 9.00. The van der Waals surface area contributed by atoms with Gasteiger partial charge in [-0.25, -0.2) is 0 Å². The second kappa shape index (κ2) is 6.53. The summed E-state index contributed by atoms with van der Waals surface area (Å²) in [7, 11) is 0. The molecule has 0 saturated carbocycles. The standard InChI is InChI=1S/C18H28O3S/c1-8-14(16(20)21)22-11-9-12(17(2,3)4)15(19)13(10-11)18(5,6)7/h9-10,14,19H,8H2,1-7H3,(H,20,21)/t14-/m0/s1. The van der Waals surface area contributed by atoms with E-state index in [1.807, 2.05) is 19.1 Å². The zero-order chi connectivity index (χ0) is 17.3. The molecule has 3 nitrogen and oxygen atoms in total. The fraction of sp³-hybridized carbons (Fsp3) is 0.611. The highest BCUT2D eigenvalue weighted by Gasteiger charge is 2.27. The number of carboxylic acid groups (broad SMARTS) is 1. The molecule has 0 aliphatic carbocycles. The molecule has 0 aromatic heterocycles. The van der Waals surface area contributed by atoms with E-state index in [9.17, 15) is 15.0 Å². The maximum absolute atomic E-state index is 11.3. The third kappa shape index (κ3) is 4.42. The first-order valence-corrected chi connectivity index (χ1v) is 8.53. The number of aliphatic carboxylic acids is 1. The summed E-state index contributed by atoms with van der Waals surface area (Å²) in [5.41, 5.74) is 1.32. The smallest absolute Gasteiger partial charge is 0.316 e. The number of hydrogen-bond donors (Lipinski definition) is 2. The SMILES string of the molecule is CC[C@H](Sc1cc(C(C)(C)C)c(O)c(C(C)(C)C)c1)C(=O)O. The summed E-state index contributed by atoms with van der Waals surface area (Å²) in [4.78, 5) is 12.2. The molecule has 2 N–H and O–H groups in total. The molecule has 0 bridgehead atoms. The van der Waals surface area contributed by atoms with E-state index in [2.05, 4.69) is 41.5 Å². The van der Waals surface area contributed by atoms with Crippen LogP contribution in [0.5, 0.6) is 5.75 Å². The van der Waals surface area contributed by atoms with Gasteiger partial charge in [0.2, 0.25) is 0 Å². The first-order valence-electron chi connectivity index (χ1n) is 7.65. The summed E-state index contributed by atoms with van der Waals surface area (Å²) in [6.45, 7) is 14.2. The van der Waals surface area contributed by atoms with Crippen LogP contribution in [0.4, 0.5) is 0 Å². The third-order valence-electron chi connectivity index (χ3n) is 3.62. The summed E-state index contributed by atoms with van der Waals surface area (Å²) in [6, 6.07) is 3.86. The van der Waals surface area contributed by atoms with Crippen molar-refractivity contribution in [1.29, 1.82) is 0 Å². The van der Waals surface area contributed by atoms with E-state index >= 15 is 0 Å². The van der Waals surface area contributed by atoms with Crippen LogP contribution in [-0.4, -0.2) is 21.4 Å². The average Bonchev–Trinajstić information content (AvgIpc) is 2.34. The fourth-order valence-electron chi connectivity index (χ4n) is 2.29. The van der Waals surface area contributed by atoms with Gasteiger partial charge < -0.3 is 10.2 Å². The third-order valence-corrected chi connectivity index (χ3v) is 4.95. The minimum absolute atomic E-state index is 0.203. The molecule has 0 unspecified atom stereocenters. The Kier molecular flexibility index (Phi) is 5.61. The summed E-state index contributed by atoms with van der Waals surface area (Å²) in [5, 5.41) is 19.5. The van der Waals surface area contributed by atoms with E-state index in [4.69, 9.17) is 0 Å². The van der Waals surface area contributed by atoms with Crippen molar-refractivity contribution >= 4 is 17.7 Å². The Morgan fingerprint density at radius 3 is 1.77 bits per heavy atom. The summed E-state index contributed by atoms with van der Waals surface area (Å²) in [5.74, 6) is -0.470. The Balaban J connectivity index is 3.44. The molecule has 4 heteroatoms. The largest absolute Gasteiger partial charge is 0.507 e. The van der Waals surface area contributed by atoms with Gasteiger partial charge in [-0.3, -0.25) is 4.79 Å². The van der Waals surface area contributed by atoms with Crippen LogP contribution in [0.15, 0.2) is 17.0 Å². The van der Waals surface area contributed by atoms with E-state index in [1.165, 1.54) is 11.8 Å². The zero-order valence-electron chi connectivity index (χ0n) is 14.7. The van der Waals surface area contributed by atoms with Crippen molar-refractivity contribution in [2.75, 3.05) is 0 Å². The highest BCUT2D eigenvalue weighted by atomic mass is 32.2. The number of phenols is 1. The molecule has 0 spiro atoms. The molecule has 0 heterocycles. The van der Waals surface area contributed by atoms with Crippen molar-refractivity contribution in [1.82, 2.24) is 0 Å². The Morgan fingerprint density at radius 2 is 1.50 bits per heavy atom. The minimum atomic E-state index is -0.796. The van der Waals surface area contributed by atoms with Gasteiger partial charge in [0, 0.05) is 16.0 Å². The van der Waals surface area contributed by atoms with Crippen molar-refractivity contribution in [2.24, 2.45) is 0 Å². The predicted molar refractivity (Wildman–Crippen MR) is 93.1 cm³/mol. The lowest BCUT2D eigenvalue weighted by atomic mass is 9.79. The van der Waals surface area contributed by atoms with Gasteiger partial charge in [0.1, 0.15) is 11.0 Å². The second-order valence-electron chi connectivity index (χ2n) is 7.72. The number of hydrogen-bond acceptors (Lipinski definition) is 3. The van der Waals surface area contributed by atoms with E-state index in [0.717, 1.165) is 16.0 Å². The molecule has 22 heavy (non-hydrogen) atoms. The number of carbonyl (C=O) groups is 1. The highest BCUT2D eigenvalue weighted by Crippen LogP contribution is 2.42. The Hall–Kier alpha value is -1.16. The number of benzene rings is 1. The van der Waals surface area contributed by atoms with Crippen LogP contribution in [0.3, 0.4) is 0 Å². The van der Waals surface area contributed by atoms with Crippen molar-refractivity contribution in [3.05, 3.63) is 23.3 Å². The minimum Gasteiger partial charge on any atom is -0.507 e. The molecule has 1 atom stereocenters. The van der Waals surface area contributed by atoms with Gasteiger partial charge in [0.25, 0.3) is 0 Å². The summed E-state index contributed by atoms with van der Waals surface area (Å²) >= 11 is 1.36. The van der Waals surface area contributed by atoms with Gasteiger partial charge in [-0.1, -0.05) is 48.5 Å². The molecule has 1 aromatic carbocycles. The van der Waals surface area contributed by atoms with Gasteiger partial charge in [0.05, 0.1) is 0 Å². The Bertz CT molecular complexity index is 515. The van der Waals surface area contributed by atoms with Crippen molar-refractivity contribution in [3.8, 4) is 5.75 Å². The van der Waals surface area contributed by atoms with E-state index < -0.39 is 11.2 Å². The van der Waals surface area contributed by atoms with E-state index in [-0.39, 0.29) is 10.8 Å². The molecule has 1 aromatic rings. The van der Waals surface area contributed by atoms with E-state index in [0.29, 0.717) is 12.2 Å². The van der Waals surface area contributed by atoms with Crippen molar-refractivity contribution in [3.63, 3.8) is 0 Å². The van der Waals surface area contributed by atoms with Crippen molar-refractivity contribution < 1.29 is 15.0 Å². The average molecular weight is 324 g/mol. The number of carboxylic acids is 1. The molecular formula is C18H28O3S. The topological polar surface area (TPSA) is 57.5 Å². The first-order chi connectivity index (χ1) is 9.87. The van der Waals surface area contributed by atoms with Crippen LogP contribution in [0, 0.1) is 0 Å². The van der Waals surface area contributed by atoms with Crippen LogP contribution in [0.2, 0.25) is 0 Å². The van der Waals surface area contributed by atoms with Gasteiger partial charge in [0.15, 0.2) is 0 Å². The molecule has 0 aliphatic rings. The summed E-state index contributed by atoms with van der Waals surface area (Å²) in [6.07, 6.45) is 0.566.